The molecule has 4 nitrogen and oxygen atoms in total. The molecule has 0 aliphatic rings. The first-order chi connectivity index (χ1) is 12.7. The summed E-state index contributed by atoms with van der Waals surface area (Å²) in [4.78, 5) is 12.1. The number of ether oxygens (including phenoxy) is 1. The van der Waals surface area contributed by atoms with Crippen LogP contribution in [0.3, 0.4) is 0 Å². The standard InChI is InChI=1S/C22H23NO3/c1-26-18-9-4-6-16(14-18)15-22(25)23-13-12-21(24)20-11-5-8-17-7-2-3-10-19(17)20/h2-11,14,21,24H,12-13,15H2,1H3,(H,23,25). The third kappa shape index (κ3) is 4.41. The summed E-state index contributed by atoms with van der Waals surface area (Å²) < 4.78 is 5.17. The molecule has 0 saturated carbocycles. The van der Waals surface area contributed by atoms with Gasteiger partial charge in [0.1, 0.15) is 5.75 Å². The number of carbonyl (C=O) groups excluding carboxylic acids is 1. The van der Waals surface area contributed by atoms with E-state index >= 15 is 0 Å². The first-order valence-corrected chi connectivity index (χ1v) is 8.73. The number of aliphatic hydroxyl groups excluding tert-OH is 1. The molecule has 1 atom stereocenters. The Kier molecular flexibility index (Phi) is 5.87. The number of methoxy groups -OCH3 is 1. The van der Waals surface area contributed by atoms with Crippen molar-refractivity contribution in [2.75, 3.05) is 13.7 Å². The fraction of sp³-hybridized carbons (Fsp3) is 0.227. The van der Waals surface area contributed by atoms with E-state index in [-0.39, 0.29) is 5.91 Å². The van der Waals surface area contributed by atoms with Crippen molar-refractivity contribution in [2.45, 2.75) is 18.9 Å². The van der Waals surface area contributed by atoms with Crippen LogP contribution in [0.1, 0.15) is 23.7 Å². The van der Waals surface area contributed by atoms with Crippen molar-refractivity contribution in [1.29, 1.82) is 0 Å². The number of rotatable bonds is 7. The molecule has 134 valence electrons. The van der Waals surface area contributed by atoms with Crippen molar-refractivity contribution in [3.63, 3.8) is 0 Å². The van der Waals surface area contributed by atoms with Crippen molar-refractivity contribution in [3.05, 3.63) is 77.9 Å². The molecule has 0 fully saturated rings. The van der Waals surface area contributed by atoms with Gasteiger partial charge in [0.15, 0.2) is 0 Å². The minimum Gasteiger partial charge on any atom is -0.497 e. The number of amides is 1. The van der Waals surface area contributed by atoms with E-state index in [0.29, 0.717) is 19.4 Å². The van der Waals surface area contributed by atoms with Gasteiger partial charge in [-0.15, -0.1) is 0 Å². The Labute approximate surface area is 153 Å². The van der Waals surface area contributed by atoms with Crippen LogP contribution in [0, 0.1) is 0 Å². The van der Waals surface area contributed by atoms with Crippen LogP contribution in [0.4, 0.5) is 0 Å². The maximum Gasteiger partial charge on any atom is 0.224 e. The molecule has 4 heteroatoms. The monoisotopic (exact) mass is 349 g/mol. The molecular formula is C22H23NO3. The minimum absolute atomic E-state index is 0.0663. The Hall–Kier alpha value is -2.85. The number of carbonyl (C=O) groups is 1. The average molecular weight is 349 g/mol. The highest BCUT2D eigenvalue weighted by atomic mass is 16.5. The summed E-state index contributed by atoms with van der Waals surface area (Å²) >= 11 is 0. The van der Waals surface area contributed by atoms with Crippen molar-refractivity contribution >= 4 is 16.7 Å². The highest BCUT2D eigenvalue weighted by molar-refractivity contribution is 5.86. The molecule has 0 aliphatic heterocycles. The molecule has 0 bridgehead atoms. The molecule has 0 radical (unpaired) electrons. The zero-order valence-corrected chi connectivity index (χ0v) is 14.8. The third-order valence-corrected chi connectivity index (χ3v) is 4.42. The Morgan fingerprint density at radius 2 is 1.85 bits per heavy atom. The average Bonchev–Trinajstić information content (AvgIpc) is 2.67. The van der Waals surface area contributed by atoms with Gasteiger partial charge in [-0.2, -0.15) is 0 Å². The zero-order chi connectivity index (χ0) is 18.4. The summed E-state index contributed by atoms with van der Waals surface area (Å²) in [7, 11) is 1.61. The fourth-order valence-electron chi connectivity index (χ4n) is 3.08. The summed E-state index contributed by atoms with van der Waals surface area (Å²) in [5, 5.41) is 15.5. The van der Waals surface area contributed by atoms with Crippen molar-refractivity contribution in [3.8, 4) is 5.75 Å². The van der Waals surface area contributed by atoms with E-state index in [9.17, 15) is 9.90 Å². The summed E-state index contributed by atoms with van der Waals surface area (Å²) in [6.07, 6.45) is 0.151. The number of fused-ring (bicyclic) bond motifs is 1. The first kappa shape index (κ1) is 18.0. The molecule has 0 spiro atoms. The van der Waals surface area contributed by atoms with Crippen LogP contribution in [0.5, 0.6) is 5.75 Å². The lowest BCUT2D eigenvalue weighted by Crippen LogP contribution is -2.27. The van der Waals surface area contributed by atoms with Gasteiger partial charge in [0.25, 0.3) is 0 Å². The molecule has 0 saturated heterocycles. The maximum absolute atomic E-state index is 12.1. The highest BCUT2D eigenvalue weighted by Crippen LogP contribution is 2.25. The van der Waals surface area contributed by atoms with Gasteiger partial charge < -0.3 is 15.2 Å². The number of nitrogens with one attached hydrogen (secondary N) is 1. The van der Waals surface area contributed by atoms with Crippen molar-refractivity contribution in [2.24, 2.45) is 0 Å². The molecule has 0 aromatic heterocycles. The third-order valence-electron chi connectivity index (χ3n) is 4.42. The van der Waals surface area contributed by atoms with Crippen molar-refractivity contribution in [1.82, 2.24) is 5.32 Å². The highest BCUT2D eigenvalue weighted by Gasteiger charge is 2.12. The minimum atomic E-state index is -0.613. The molecule has 1 amide bonds. The SMILES string of the molecule is COc1cccc(CC(=O)NCCC(O)c2cccc3ccccc23)c1. The van der Waals surface area contributed by atoms with E-state index in [1.807, 2.05) is 66.7 Å². The molecule has 1 unspecified atom stereocenters. The van der Waals surface area contributed by atoms with Gasteiger partial charge in [0.2, 0.25) is 5.91 Å². The van der Waals surface area contributed by atoms with E-state index in [4.69, 9.17) is 4.74 Å². The van der Waals surface area contributed by atoms with E-state index < -0.39 is 6.10 Å². The summed E-state index contributed by atoms with van der Waals surface area (Å²) in [6, 6.07) is 21.4. The van der Waals surface area contributed by atoms with Crippen molar-refractivity contribution < 1.29 is 14.6 Å². The quantitative estimate of drug-likeness (QED) is 0.685. The van der Waals surface area contributed by atoms with E-state index in [1.165, 1.54) is 0 Å². The predicted molar refractivity (Wildman–Crippen MR) is 103 cm³/mol. The summed E-state index contributed by atoms with van der Waals surface area (Å²) in [5.74, 6) is 0.671. The fourth-order valence-corrected chi connectivity index (χ4v) is 3.08. The lowest BCUT2D eigenvalue weighted by molar-refractivity contribution is -0.120. The molecule has 0 aliphatic carbocycles. The van der Waals surface area contributed by atoms with E-state index in [2.05, 4.69) is 5.32 Å². The van der Waals surface area contributed by atoms with Crippen LogP contribution in [0.15, 0.2) is 66.7 Å². The normalized spacial score (nSPS) is 11.9. The van der Waals surface area contributed by atoms with Gasteiger partial charge in [-0.1, -0.05) is 54.6 Å². The first-order valence-electron chi connectivity index (χ1n) is 8.73. The van der Waals surface area contributed by atoms with Crippen LogP contribution < -0.4 is 10.1 Å². The molecule has 3 aromatic rings. The smallest absolute Gasteiger partial charge is 0.224 e. The Bertz CT molecular complexity index is 886. The Morgan fingerprint density at radius 1 is 1.08 bits per heavy atom. The number of hydrogen-bond donors (Lipinski definition) is 2. The Morgan fingerprint density at radius 3 is 2.69 bits per heavy atom. The molecule has 26 heavy (non-hydrogen) atoms. The number of benzene rings is 3. The van der Waals surface area contributed by atoms with Crippen LogP contribution in [-0.2, 0) is 11.2 Å². The molecule has 3 rings (SSSR count). The van der Waals surface area contributed by atoms with Gasteiger partial charge in [0, 0.05) is 6.54 Å². The van der Waals surface area contributed by atoms with Gasteiger partial charge in [-0.3, -0.25) is 4.79 Å². The Balaban J connectivity index is 1.54. The van der Waals surface area contributed by atoms with Crippen LogP contribution >= 0.6 is 0 Å². The van der Waals surface area contributed by atoms with Gasteiger partial charge in [-0.25, -0.2) is 0 Å². The van der Waals surface area contributed by atoms with Crippen LogP contribution in [0.25, 0.3) is 10.8 Å². The predicted octanol–water partition coefficient (Wildman–Crippen LogP) is 3.63. The van der Waals surface area contributed by atoms with Crippen LogP contribution in [-0.4, -0.2) is 24.7 Å². The largest absolute Gasteiger partial charge is 0.497 e. The van der Waals surface area contributed by atoms with Gasteiger partial charge in [0.05, 0.1) is 19.6 Å². The topological polar surface area (TPSA) is 58.6 Å². The zero-order valence-electron chi connectivity index (χ0n) is 14.8. The lowest BCUT2D eigenvalue weighted by atomic mass is 9.99. The van der Waals surface area contributed by atoms with Gasteiger partial charge in [-0.05, 0) is 40.5 Å². The number of aliphatic hydroxyl groups is 1. The molecule has 3 aromatic carbocycles. The van der Waals surface area contributed by atoms with E-state index in [1.54, 1.807) is 7.11 Å². The van der Waals surface area contributed by atoms with Gasteiger partial charge >= 0.3 is 0 Å². The molecular weight excluding hydrogens is 326 g/mol. The molecule has 0 heterocycles. The maximum atomic E-state index is 12.1. The second-order valence-corrected chi connectivity index (χ2v) is 6.25. The lowest BCUT2D eigenvalue weighted by Gasteiger charge is -2.14. The second-order valence-electron chi connectivity index (χ2n) is 6.25. The summed E-state index contributed by atoms with van der Waals surface area (Å²) in [6.45, 7) is 0.424. The second kappa shape index (κ2) is 8.50. The summed E-state index contributed by atoms with van der Waals surface area (Å²) in [5.41, 5.74) is 1.79. The van der Waals surface area contributed by atoms with E-state index in [0.717, 1.165) is 27.6 Å². The van der Waals surface area contributed by atoms with Crippen LogP contribution in [0.2, 0.25) is 0 Å². The molecule has 2 N–H and O–H groups in total. The number of hydrogen-bond acceptors (Lipinski definition) is 3.